The standard InChI is InChI=1S/C12H28N2O7Si/c1-7-11(22(17-4,18-5)19-6)14-10(2)13-8-9-20-12(15)21-16-3/h10-11,13-14H,7-9H2,1-6H3. The molecule has 0 saturated carbocycles. The summed E-state index contributed by atoms with van der Waals surface area (Å²) >= 11 is 0. The Bertz CT molecular complexity index is 297. The Morgan fingerprint density at radius 1 is 1.14 bits per heavy atom. The van der Waals surface area contributed by atoms with Gasteiger partial charge in [0.1, 0.15) is 6.61 Å². The number of carbonyl (C=O) groups excluding carboxylic acids is 1. The zero-order valence-corrected chi connectivity index (χ0v) is 15.1. The third kappa shape index (κ3) is 7.00. The lowest BCUT2D eigenvalue weighted by Crippen LogP contribution is -2.63. The highest BCUT2D eigenvalue weighted by Crippen LogP contribution is 2.15. The van der Waals surface area contributed by atoms with Crippen LogP contribution >= 0.6 is 0 Å². The van der Waals surface area contributed by atoms with Crippen molar-refractivity contribution in [1.82, 2.24) is 10.6 Å². The van der Waals surface area contributed by atoms with Crippen LogP contribution in [0.4, 0.5) is 4.79 Å². The second-order valence-electron chi connectivity index (χ2n) is 4.37. The van der Waals surface area contributed by atoms with Gasteiger partial charge in [0.25, 0.3) is 0 Å². The van der Waals surface area contributed by atoms with Crippen LogP contribution in [-0.4, -0.2) is 68.4 Å². The van der Waals surface area contributed by atoms with Gasteiger partial charge in [0, 0.05) is 27.9 Å². The molecular formula is C12H28N2O7Si. The normalized spacial score (nSPS) is 14.5. The summed E-state index contributed by atoms with van der Waals surface area (Å²) < 4.78 is 21.2. The maximum Gasteiger partial charge on any atom is 0.540 e. The average molecular weight is 340 g/mol. The summed E-state index contributed by atoms with van der Waals surface area (Å²) in [6.45, 7) is 4.57. The summed E-state index contributed by atoms with van der Waals surface area (Å²) in [5.74, 6) is 0. The molecule has 9 nitrogen and oxygen atoms in total. The minimum Gasteiger partial charge on any atom is -0.431 e. The molecule has 0 spiro atoms. The van der Waals surface area contributed by atoms with Crippen LogP contribution in [0.15, 0.2) is 0 Å². The zero-order valence-electron chi connectivity index (χ0n) is 14.1. The Morgan fingerprint density at radius 3 is 2.18 bits per heavy atom. The molecule has 0 aliphatic carbocycles. The first kappa shape index (κ1) is 21.2. The molecule has 0 aliphatic rings. The Hall–Kier alpha value is -0.753. The average Bonchev–Trinajstić information content (AvgIpc) is 2.52. The van der Waals surface area contributed by atoms with Gasteiger partial charge in [-0.1, -0.05) is 6.92 Å². The van der Waals surface area contributed by atoms with Crippen LogP contribution in [0.25, 0.3) is 0 Å². The number of nitrogens with one attached hydrogen (secondary N) is 2. The molecule has 10 heteroatoms. The van der Waals surface area contributed by atoms with Crippen molar-refractivity contribution in [3.63, 3.8) is 0 Å². The van der Waals surface area contributed by atoms with E-state index >= 15 is 0 Å². The lowest BCUT2D eigenvalue weighted by molar-refractivity contribution is -0.231. The molecule has 0 aromatic rings. The Morgan fingerprint density at radius 2 is 1.73 bits per heavy atom. The lowest BCUT2D eigenvalue weighted by Gasteiger charge is -2.34. The van der Waals surface area contributed by atoms with Crippen molar-refractivity contribution in [2.45, 2.75) is 32.1 Å². The smallest absolute Gasteiger partial charge is 0.431 e. The van der Waals surface area contributed by atoms with E-state index in [2.05, 4.69) is 20.4 Å². The minimum absolute atomic E-state index is 0.0562. The summed E-state index contributed by atoms with van der Waals surface area (Å²) in [7, 11) is 3.21. The van der Waals surface area contributed by atoms with Crippen molar-refractivity contribution < 1.29 is 32.6 Å². The van der Waals surface area contributed by atoms with Crippen molar-refractivity contribution >= 4 is 15.0 Å². The summed E-state index contributed by atoms with van der Waals surface area (Å²) in [4.78, 5) is 19.3. The van der Waals surface area contributed by atoms with E-state index in [-0.39, 0.29) is 18.4 Å². The van der Waals surface area contributed by atoms with E-state index in [0.717, 1.165) is 6.42 Å². The van der Waals surface area contributed by atoms with Crippen LogP contribution in [0, 0.1) is 0 Å². The van der Waals surface area contributed by atoms with Crippen molar-refractivity contribution in [3.05, 3.63) is 0 Å². The second kappa shape index (κ2) is 11.8. The first-order valence-corrected chi connectivity index (χ1v) is 8.82. The summed E-state index contributed by atoms with van der Waals surface area (Å²) in [6.07, 6.45) is -0.148. The van der Waals surface area contributed by atoms with Gasteiger partial charge in [0.15, 0.2) is 0 Å². The molecule has 0 aromatic heterocycles. The second-order valence-corrected chi connectivity index (χ2v) is 7.50. The molecule has 0 rings (SSSR count). The topological polar surface area (TPSA) is 96.5 Å². The van der Waals surface area contributed by atoms with Gasteiger partial charge >= 0.3 is 15.0 Å². The van der Waals surface area contributed by atoms with E-state index in [1.54, 1.807) is 21.3 Å². The highest BCUT2D eigenvalue weighted by molar-refractivity contribution is 6.62. The van der Waals surface area contributed by atoms with E-state index in [1.165, 1.54) is 7.11 Å². The van der Waals surface area contributed by atoms with Gasteiger partial charge in [-0.25, -0.2) is 4.79 Å². The van der Waals surface area contributed by atoms with Crippen molar-refractivity contribution in [2.75, 3.05) is 41.6 Å². The van der Waals surface area contributed by atoms with Crippen molar-refractivity contribution in [2.24, 2.45) is 0 Å². The monoisotopic (exact) mass is 340 g/mol. The minimum atomic E-state index is -2.76. The van der Waals surface area contributed by atoms with Gasteiger partial charge in [-0.2, -0.15) is 4.89 Å². The molecule has 132 valence electrons. The van der Waals surface area contributed by atoms with Crippen LogP contribution in [0.5, 0.6) is 0 Å². The van der Waals surface area contributed by atoms with Gasteiger partial charge in [-0.15, -0.1) is 0 Å². The molecule has 0 aliphatic heterocycles. The largest absolute Gasteiger partial charge is 0.540 e. The highest BCUT2D eigenvalue weighted by atomic mass is 28.4. The van der Waals surface area contributed by atoms with E-state index in [9.17, 15) is 4.79 Å². The third-order valence-corrected chi connectivity index (χ3v) is 6.20. The third-order valence-electron chi connectivity index (χ3n) is 3.06. The van der Waals surface area contributed by atoms with E-state index in [0.29, 0.717) is 6.54 Å². The quantitative estimate of drug-likeness (QED) is 0.131. The van der Waals surface area contributed by atoms with Gasteiger partial charge in [-0.05, 0) is 13.3 Å². The molecule has 0 heterocycles. The maximum absolute atomic E-state index is 10.9. The summed E-state index contributed by atoms with van der Waals surface area (Å²) in [5.41, 5.74) is -0.0608. The fraction of sp³-hybridized carbons (Fsp3) is 0.917. The number of hydrogen-bond donors (Lipinski definition) is 2. The first-order valence-electron chi connectivity index (χ1n) is 7.01. The Balaban J connectivity index is 4.21. The van der Waals surface area contributed by atoms with Crippen LogP contribution in [-0.2, 0) is 27.8 Å². The van der Waals surface area contributed by atoms with Gasteiger partial charge in [0.2, 0.25) is 0 Å². The van der Waals surface area contributed by atoms with Crippen LogP contribution in [0.3, 0.4) is 0 Å². The van der Waals surface area contributed by atoms with Crippen molar-refractivity contribution in [1.29, 1.82) is 0 Å². The predicted octanol–water partition coefficient (Wildman–Crippen LogP) is 0.422. The van der Waals surface area contributed by atoms with Crippen LogP contribution < -0.4 is 10.6 Å². The molecule has 0 fully saturated rings. The first-order chi connectivity index (χ1) is 10.5. The summed E-state index contributed by atoms with van der Waals surface area (Å²) in [5, 5.41) is 6.51. The number of ether oxygens (including phenoxy) is 1. The van der Waals surface area contributed by atoms with Gasteiger partial charge in [-0.3, -0.25) is 15.5 Å². The molecule has 2 N–H and O–H groups in total. The molecule has 0 amide bonds. The molecule has 2 atom stereocenters. The van der Waals surface area contributed by atoms with Crippen LogP contribution in [0.1, 0.15) is 20.3 Å². The predicted molar refractivity (Wildman–Crippen MR) is 80.9 cm³/mol. The van der Waals surface area contributed by atoms with Crippen LogP contribution in [0.2, 0.25) is 0 Å². The molecule has 2 unspecified atom stereocenters. The highest BCUT2D eigenvalue weighted by Gasteiger charge is 2.46. The molecular weight excluding hydrogens is 312 g/mol. The fourth-order valence-electron chi connectivity index (χ4n) is 2.01. The number of carbonyl (C=O) groups is 1. The molecule has 0 saturated heterocycles. The van der Waals surface area contributed by atoms with E-state index in [4.69, 9.17) is 18.0 Å². The van der Waals surface area contributed by atoms with Crippen molar-refractivity contribution in [3.8, 4) is 0 Å². The fourth-order valence-corrected chi connectivity index (χ4v) is 4.32. The SMILES string of the molecule is CCC(NC(C)NCCOC(=O)OOC)[Si](OC)(OC)OC. The Labute approximate surface area is 132 Å². The molecule has 0 aromatic carbocycles. The lowest BCUT2D eigenvalue weighted by atomic mass is 10.4. The Kier molecular flexibility index (Phi) is 11.4. The zero-order chi connectivity index (χ0) is 17.0. The van der Waals surface area contributed by atoms with Gasteiger partial charge < -0.3 is 18.0 Å². The number of hydrogen-bond acceptors (Lipinski definition) is 9. The van der Waals surface area contributed by atoms with E-state index < -0.39 is 15.0 Å². The molecule has 22 heavy (non-hydrogen) atoms. The molecule has 0 radical (unpaired) electrons. The number of rotatable bonds is 12. The maximum atomic E-state index is 10.9. The summed E-state index contributed by atoms with van der Waals surface area (Å²) in [6, 6.07) is 0. The van der Waals surface area contributed by atoms with Gasteiger partial charge in [0.05, 0.1) is 18.9 Å². The molecule has 0 bridgehead atoms. The van der Waals surface area contributed by atoms with E-state index in [1.807, 2.05) is 13.8 Å².